The maximum absolute atomic E-state index is 10.1. The summed E-state index contributed by atoms with van der Waals surface area (Å²) >= 11 is 1.84. The Morgan fingerprint density at radius 2 is 2.20 bits per heavy atom. The van der Waals surface area contributed by atoms with Gasteiger partial charge in [-0.15, -0.1) is 11.3 Å². The number of benzene rings is 1. The molecule has 3 nitrogen and oxygen atoms in total. The van der Waals surface area contributed by atoms with Crippen LogP contribution in [-0.4, -0.2) is 18.8 Å². The van der Waals surface area contributed by atoms with E-state index >= 15 is 0 Å². The van der Waals surface area contributed by atoms with Crippen LogP contribution in [0.5, 0.6) is 5.75 Å². The number of fused-ring (bicyclic) bond motifs is 1. The molecule has 0 aliphatic carbocycles. The molecule has 0 fully saturated rings. The van der Waals surface area contributed by atoms with Crippen molar-refractivity contribution in [2.24, 2.45) is 0 Å². The van der Waals surface area contributed by atoms with Crippen LogP contribution in [0.1, 0.15) is 29.0 Å². The van der Waals surface area contributed by atoms with Crippen molar-refractivity contribution in [3.8, 4) is 5.75 Å². The third-order valence-corrected chi connectivity index (χ3v) is 4.85. The standard InChI is InChI=1S/C16H19NO2S/c1-11(18)16-13(4-3-5-14(16)19-2)17-8-6-15-12(10-17)7-9-20-15/h3-5,7,9,11,18H,6,8,10H2,1-2H3/t11-/m1/s1. The van der Waals surface area contributed by atoms with Crippen molar-refractivity contribution < 1.29 is 9.84 Å². The van der Waals surface area contributed by atoms with Crippen molar-refractivity contribution in [1.29, 1.82) is 0 Å². The second-order valence-electron chi connectivity index (χ2n) is 5.11. The Bertz CT molecular complexity index is 606. The summed E-state index contributed by atoms with van der Waals surface area (Å²) in [5, 5.41) is 12.3. The lowest BCUT2D eigenvalue weighted by atomic mass is 10.0. The van der Waals surface area contributed by atoms with Crippen LogP contribution >= 0.6 is 11.3 Å². The van der Waals surface area contributed by atoms with Gasteiger partial charge >= 0.3 is 0 Å². The van der Waals surface area contributed by atoms with E-state index in [1.165, 1.54) is 10.4 Å². The van der Waals surface area contributed by atoms with Gasteiger partial charge in [0.25, 0.3) is 0 Å². The first-order valence-electron chi connectivity index (χ1n) is 6.86. The fourth-order valence-corrected chi connectivity index (χ4v) is 3.75. The van der Waals surface area contributed by atoms with Gasteiger partial charge in [-0.1, -0.05) is 6.07 Å². The maximum atomic E-state index is 10.1. The van der Waals surface area contributed by atoms with E-state index in [0.29, 0.717) is 0 Å². The van der Waals surface area contributed by atoms with Crippen molar-refractivity contribution in [3.05, 3.63) is 45.6 Å². The lowest BCUT2D eigenvalue weighted by Crippen LogP contribution is -2.30. The monoisotopic (exact) mass is 289 g/mol. The first-order valence-corrected chi connectivity index (χ1v) is 7.74. The quantitative estimate of drug-likeness (QED) is 0.940. The van der Waals surface area contributed by atoms with Gasteiger partial charge in [0.15, 0.2) is 0 Å². The molecule has 1 N–H and O–H groups in total. The van der Waals surface area contributed by atoms with E-state index in [4.69, 9.17) is 4.74 Å². The minimum Gasteiger partial charge on any atom is -0.496 e. The molecular weight excluding hydrogens is 270 g/mol. The van der Waals surface area contributed by atoms with E-state index in [2.05, 4.69) is 22.4 Å². The normalized spacial score (nSPS) is 15.8. The number of ether oxygens (including phenoxy) is 1. The summed E-state index contributed by atoms with van der Waals surface area (Å²) in [7, 11) is 1.65. The highest BCUT2D eigenvalue weighted by Gasteiger charge is 2.22. The summed E-state index contributed by atoms with van der Waals surface area (Å²) in [6.07, 6.45) is 0.536. The van der Waals surface area contributed by atoms with Crippen molar-refractivity contribution in [2.75, 3.05) is 18.6 Å². The van der Waals surface area contributed by atoms with Gasteiger partial charge < -0.3 is 14.7 Å². The predicted molar refractivity (Wildman–Crippen MR) is 82.7 cm³/mol. The molecule has 1 aromatic carbocycles. The van der Waals surface area contributed by atoms with Crippen molar-refractivity contribution in [1.82, 2.24) is 0 Å². The van der Waals surface area contributed by atoms with Crippen LogP contribution < -0.4 is 9.64 Å². The van der Waals surface area contributed by atoms with E-state index in [9.17, 15) is 5.11 Å². The highest BCUT2D eigenvalue weighted by molar-refractivity contribution is 7.10. The molecule has 0 unspecified atom stereocenters. The minimum atomic E-state index is -0.537. The summed E-state index contributed by atoms with van der Waals surface area (Å²) in [6.45, 7) is 3.69. The molecule has 0 amide bonds. The second-order valence-corrected chi connectivity index (χ2v) is 6.11. The molecule has 1 aliphatic rings. The molecule has 2 heterocycles. The number of rotatable bonds is 3. The number of aliphatic hydroxyl groups is 1. The Kier molecular flexibility index (Phi) is 3.68. The van der Waals surface area contributed by atoms with Crippen LogP contribution in [-0.2, 0) is 13.0 Å². The largest absolute Gasteiger partial charge is 0.496 e. The Hall–Kier alpha value is -1.52. The SMILES string of the molecule is COc1cccc(N2CCc3sccc3C2)c1[C@@H](C)O. The zero-order chi connectivity index (χ0) is 14.1. The minimum absolute atomic E-state index is 0.537. The number of nitrogens with zero attached hydrogens (tertiary/aromatic N) is 1. The van der Waals surface area contributed by atoms with E-state index in [1.807, 2.05) is 23.5 Å². The fourth-order valence-electron chi connectivity index (χ4n) is 2.86. The zero-order valence-corrected chi connectivity index (χ0v) is 12.6. The summed E-state index contributed by atoms with van der Waals surface area (Å²) in [4.78, 5) is 3.82. The average Bonchev–Trinajstić information content (AvgIpc) is 2.93. The van der Waals surface area contributed by atoms with Gasteiger partial charge in [0, 0.05) is 29.2 Å². The number of hydrogen-bond donors (Lipinski definition) is 1. The summed E-state index contributed by atoms with van der Waals surface area (Å²) in [5.74, 6) is 0.758. The number of hydrogen-bond acceptors (Lipinski definition) is 4. The molecule has 0 spiro atoms. The van der Waals surface area contributed by atoms with E-state index in [0.717, 1.165) is 36.5 Å². The van der Waals surface area contributed by atoms with Gasteiger partial charge in [-0.2, -0.15) is 0 Å². The number of methoxy groups -OCH3 is 1. The van der Waals surface area contributed by atoms with Crippen LogP contribution in [0.25, 0.3) is 0 Å². The van der Waals surface area contributed by atoms with E-state index in [-0.39, 0.29) is 0 Å². The van der Waals surface area contributed by atoms with Crippen LogP contribution in [0, 0.1) is 0 Å². The Morgan fingerprint density at radius 1 is 1.35 bits per heavy atom. The number of thiophene rings is 1. The molecule has 1 aliphatic heterocycles. The third-order valence-electron chi connectivity index (χ3n) is 3.83. The first kappa shape index (κ1) is 13.5. The van der Waals surface area contributed by atoms with E-state index < -0.39 is 6.10 Å². The van der Waals surface area contributed by atoms with Crippen LogP contribution in [0.3, 0.4) is 0 Å². The topological polar surface area (TPSA) is 32.7 Å². The Balaban J connectivity index is 1.99. The third kappa shape index (κ3) is 2.30. The molecule has 0 bridgehead atoms. The molecule has 1 aromatic heterocycles. The second kappa shape index (κ2) is 5.46. The van der Waals surface area contributed by atoms with Gasteiger partial charge in [0.05, 0.1) is 13.2 Å². The van der Waals surface area contributed by atoms with Crippen LogP contribution in [0.15, 0.2) is 29.6 Å². The van der Waals surface area contributed by atoms with Crippen molar-refractivity contribution in [2.45, 2.75) is 26.0 Å². The van der Waals surface area contributed by atoms with Crippen molar-refractivity contribution in [3.63, 3.8) is 0 Å². The van der Waals surface area contributed by atoms with Gasteiger partial charge in [-0.05, 0) is 42.5 Å². The smallest absolute Gasteiger partial charge is 0.126 e. The molecule has 3 rings (SSSR count). The predicted octanol–water partition coefficient (Wildman–Crippen LogP) is 3.37. The van der Waals surface area contributed by atoms with Gasteiger partial charge in [0.1, 0.15) is 5.75 Å². The Labute approximate surface area is 123 Å². The Morgan fingerprint density at radius 3 is 2.95 bits per heavy atom. The zero-order valence-electron chi connectivity index (χ0n) is 11.8. The van der Waals surface area contributed by atoms with Crippen LogP contribution in [0.4, 0.5) is 5.69 Å². The summed E-state index contributed by atoms with van der Waals surface area (Å²) in [5.41, 5.74) is 3.37. The maximum Gasteiger partial charge on any atom is 0.126 e. The van der Waals surface area contributed by atoms with Gasteiger partial charge in [-0.3, -0.25) is 0 Å². The molecule has 106 valence electrons. The highest BCUT2D eigenvalue weighted by atomic mass is 32.1. The summed E-state index contributed by atoms with van der Waals surface area (Å²) < 4.78 is 5.41. The van der Waals surface area contributed by atoms with Gasteiger partial charge in [0.2, 0.25) is 0 Å². The number of aliphatic hydroxyl groups excluding tert-OH is 1. The molecule has 0 saturated carbocycles. The van der Waals surface area contributed by atoms with Gasteiger partial charge in [-0.25, -0.2) is 0 Å². The molecule has 2 aromatic rings. The molecule has 1 atom stereocenters. The summed E-state index contributed by atoms with van der Waals surface area (Å²) in [6, 6.07) is 8.17. The molecule has 0 saturated heterocycles. The molecule has 0 radical (unpaired) electrons. The van der Waals surface area contributed by atoms with E-state index in [1.54, 1.807) is 14.0 Å². The first-order chi connectivity index (χ1) is 9.70. The molecule has 20 heavy (non-hydrogen) atoms. The highest BCUT2D eigenvalue weighted by Crippen LogP contribution is 2.37. The molecule has 4 heteroatoms. The number of anilines is 1. The molecular formula is C16H19NO2S. The average molecular weight is 289 g/mol. The van der Waals surface area contributed by atoms with Crippen LogP contribution in [0.2, 0.25) is 0 Å². The van der Waals surface area contributed by atoms with Crippen molar-refractivity contribution >= 4 is 17.0 Å². The lowest BCUT2D eigenvalue weighted by Gasteiger charge is -2.32. The lowest BCUT2D eigenvalue weighted by molar-refractivity contribution is 0.194. The fraction of sp³-hybridized carbons (Fsp3) is 0.375.